The van der Waals surface area contributed by atoms with Gasteiger partial charge in [0.25, 0.3) is 0 Å². The van der Waals surface area contributed by atoms with Crippen LogP contribution < -0.4 is 0 Å². The average molecular weight is 691 g/mol. The maximum Gasteiger partial charge on any atom is 0.490 e. The largest absolute Gasteiger partial charge is 0.490 e. The molecule has 4 heterocycles. The molecular formula is C26H27F9N6O6. The Labute approximate surface area is 259 Å². The number of rotatable bonds is 6. The molecule has 0 saturated heterocycles. The number of aromatic nitrogens is 4. The normalized spacial score (nSPS) is 13.1. The number of imidazole rings is 1. The van der Waals surface area contributed by atoms with Crippen LogP contribution in [0.1, 0.15) is 22.8 Å². The van der Waals surface area contributed by atoms with E-state index < -0.39 is 36.4 Å². The quantitative estimate of drug-likeness (QED) is 0.318. The van der Waals surface area contributed by atoms with E-state index in [9.17, 15) is 39.5 Å². The molecule has 0 bridgehead atoms. The highest BCUT2D eigenvalue weighted by molar-refractivity contribution is 5.73. The lowest BCUT2D eigenvalue weighted by atomic mass is 10.2. The van der Waals surface area contributed by atoms with Crippen molar-refractivity contribution in [1.82, 2.24) is 29.3 Å². The highest BCUT2D eigenvalue weighted by Crippen LogP contribution is 2.17. The third-order valence-electron chi connectivity index (χ3n) is 5.38. The molecule has 1 aliphatic heterocycles. The Bertz CT molecular complexity index is 1360. The number of alkyl halides is 9. The second-order valence-electron chi connectivity index (χ2n) is 9.32. The lowest BCUT2D eigenvalue weighted by molar-refractivity contribution is -0.193. The zero-order chi connectivity index (χ0) is 36.0. The molecule has 12 nitrogen and oxygen atoms in total. The molecule has 0 saturated carbocycles. The minimum atomic E-state index is -5.08. The fraction of sp³-hybridized carbons (Fsp3) is 0.385. The summed E-state index contributed by atoms with van der Waals surface area (Å²) in [6.45, 7) is 5.50. The number of pyridine rings is 2. The number of fused-ring (bicyclic) bond motifs is 1. The summed E-state index contributed by atoms with van der Waals surface area (Å²) in [6, 6.07) is 10.2. The summed E-state index contributed by atoms with van der Waals surface area (Å²) >= 11 is 0. The predicted molar refractivity (Wildman–Crippen MR) is 141 cm³/mol. The van der Waals surface area contributed by atoms with Crippen LogP contribution in [-0.4, -0.2) is 94.7 Å². The highest BCUT2D eigenvalue weighted by Gasteiger charge is 2.39. The molecule has 3 N–H and O–H groups in total. The molecule has 0 aliphatic carbocycles. The van der Waals surface area contributed by atoms with Crippen molar-refractivity contribution >= 4 is 17.9 Å². The first-order valence-corrected chi connectivity index (χ1v) is 12.7. The molecule has 3 aromatic heterocycles. The summed E-state index contributed by atoms with van der Waals surface area (Å²) < 4.78 is 97.5. The van der Waals surface area contributed by atoms with Gasteiger partial charge in [0.2, 0.25) is 0 Å². The molecule has 0 atom stereocenters. The number of aliphatic carboxylic acids is 3. The Morgan fingerprint density at radius 2 is 1.34 bits per heavy atom. The van der Waals surface area contributed by atoms with Crippen LogP contribution in [0.5, 0.6) is 0 Å². The Kier molecular flexibility index (Phi) is 15.2. The minimum absolute atomic E-state index is 0.842. The van der Waals surface area contributed by atoms with Gasteiger partial charge in [-0.2, -0.15) is 39.5 Å². The first-order chi connectivity index (χ1) is 21.6. The van der Waals surface area contributed by atoms with Crippen LogP contribution in [0.25, 0.3) is 0 Å². The maximum absolute atomic E-state index is 10.6. The van der Waals surface area contributed by atoms with Crippen LogP contribution in [0.4, 0.5) is 39.5 Å². The third-order valence-corrected chi connectivity index (χ3v) is 5.38. The van der Waals surface area contributed by atoms with Gasteiger partial charge in [-0.25, -0.2) is 19.4 Å². The van der Waals surface area contributed by atoms with E-state index >= 15 is 0 Å². The molecule has 4 rings (SSSR count). The van der Waals surface area contributed by atoms with Gasteiger partial charge in [0.05, 0.1) is 17.9 Å². The van der Waals surface area contributed by atoms with Gasteiger partial charge in [-0.15, -0.1) is 0 Å². The average Bonchev–Trinajstić information content (AvgIpc) is 3.35. The molecule has 47 heavy (non-hydrogen) atoms. The van der Waals surface area contributed by atoms with Crippen molar-refractivity contribution in [2.24, 2.45) is 0 Å². The molecule has 1 aliphatic rings. The second kappa shape index (κ2) is 17.8. The molecule has 3 aromatic rings. The van der Waals surface area contributed by atoms with Gasteiger partial charge in [0, 0.05) is 57.5 Å². The van der Waals surface area contributed by atoms with E-state index in [1.165, 1.54) is 5.56 Å². The molecule has 0 fully saturated rings. The fourth-order valence-corrected chi connectivity index (χ4v) is 3.43. The van der Waals surface area contributed by atoms with E-state index in [1.54, 1.807) is 0 Å². The van der Waals surface area contributed by atoms with E-state index in [1.807, 2.05) is 36.8 Å². The molecular weight excluding hydrogens is 663 g/mol. The predicted octanol–water partition coefficient (Wildman–Crippen LogP) is 4.22. The molecule has 0 radical (unpaired) electrons. The van der Waals surface area contributed by atoms with Gasteiger partial charge in [0.1, 0.15) is 5.82 Å². The topological polar surface area (TPSA) is 162 Å². The summed E-state index contributed by atoms with van der Waals surface area (Å²) in [7, 11) is 2.12. The van der Waals surface area contributed by atoms with E-state index in [0.717, 1.165) is 56.5 Å². The Balaban J connectivity index is 0.000000430. The van der Waals surface area contributed by atoms with Gasteiger partial charge in [-0.3, -0.25) is 19.8 Å². The lowest BCUT2D eigenvalue weighted by Gasteiger charge is -2.27. The van der Waals surface area contributed by atoms with Gasteiger partial charge in [0.15, 0.2) is 0 Å². The number of halogens is 9. The van der Waals surface area contributed by atoms with Crippen LogP contribution in [0, 0.1) is 0 Å². The van der Waals surface area contributed by atoms with E-state index in [0.29, 0.717) is 0 Å². The number of hydrogen-bond acceptors (Lipinski definition) is 8. The Morgan fingerprint density at radius 3 is 1.79 bits per heavy atom. The van der Waals surface area contributed by atoms with Crippen LogP contribution >= 0.6 is 0 Å². The molecule has 260 valence electrons. The summed E-state index contributed by atoms with van der Waals surface area (Å²) in [5.74, 6) is -7.12. The van der Waals surface area contributed by atoms with Crippen LogP contribution in [0.2, 0.25) is 0 Å². The first-order valence-electron chi connectivity index (χ1n) is 12.7. The maximum atomic E-state index is 10.6. The number of carboxylic acids is 3. The van der Waals surface area contributed by atoms with E-state index in [4.69, 9.17) is 34.7 Å². The molecule has 0 amide bonds. The minimum Gasteiger partial charge on any atom is -0.475 e. The van der Waals surface area contributed by atoms with E-state index in [-0.39, 0.29) is 0 Å². The fourth-order valence-electron chi connectivity index (χ4n) is 3.43. The number of hydrogen-bond donors (Lipinski definition) is 3. The van der Waals surface area contributed by atoms with Crippen molar-refractivity contribution in [2.75, 3.05) is 13.6 Å². The summed E-state index contributed by atoms with van der Waals surface area (Å²) in [5, 5.41) is 21.4. The number of nitrogens with zero attached hydrogens (tertiary/aromatic N) is 6. The monoisotopic (exact) mass is 690 g/mol. The van der Waals surface area contributed by atoms with Crippen molar-refractivity contribution in [3.8, 4) is 0 Å². The second-order valence-corrected chi connectivity index (χ2v) is 9.32. The van der Waals surface area contributed by atoms with Gasteiger partial charge >= 0.3 is 36.4 Å². The number of carboxylic acid groups (broad SMARTS) is 3. The smallest absolute Gasteiger partial charge is 0.475 e. The van der Waals surface area contributed by atoms with Crippen LogP contribution in [0.3, 0.4) is 0 Å². The molecule has 0 aromatic carbocycles. The third kappa shape index (κ3) is 16.4. The molecule has 21 heteroatoms. The zero-order valence-electron chi connectivity index (χ0n) is 24.1. The SMILES string of the molecule is CN(Cc1cccnc1)Cc1cn2c(n1)CN(Cc1ccccn1)CC2.O=C(O)C(F)(F)F.O=C(O)C(F)(F)F.O=C(O)C(F)(F)F. The first kappa shape index (κ1) is 40.2. The summed E-state index contributed by atoms with van der Waals surface area (Å²) in [4.78, 5) is 44.9. The molecule has 0 spiro atoms. The van der Waals surface area contributed by atoms with Crippen LogP contribution in [0.15, 0.2) is 55.1 Å². The summed E-state index contributed by atoms with van der Waals surface area (Å²) in [5.41, 5.74) is 3.47. The van der Waals surface area contributed by atoms with E-state index in [2.05, 4.69) is 49.7 Å². The molecule has 0 unspecified atom stereocenters. The highest BCUT2D eigenvalue weighted by atomic mass is 19.4. The number of carbonyl (C=O) groups is 3. The van der Waals surface area contributed by atoms with Crippen molar-refractivity contribution in [3.05, 3.63) is 77.9 Å². The van der Waals surface area contributed by atoms with Gasteiger partial charge in [-0.05, 0) is 30.8 Å². The van der Waals surface area contributed by atoms with Crippen molar-refractivity contribution < 1.29 is 69.2 Å². The van der Waals surface area contributed by atoms with Crippen molar-refractivity contribution in [3.63, 3.8) is 0 Å². The van der Waals surface area contributed by atoms with Crippen molar-refractivity contribution in [1.29, 1.82) is 0 Å². The van der Waals surface area contributed by atoms with Gasteiger partial charge in [-0.1, -0.05) is 12.1 Å². The van der Waals surface area contributed by atoms with Crippen molar-refractivity contribution in [2.45, 2.75) is 51.3 Å². The standard InChI is InChI=1S/C20H24N6.3C2HF3O2/c1-24(12-17-5-4-7-21-11-17)13-19-15-26-10-9-25(16-20(26)23-19)14-18-6-2-3-8-22-18;3*3-2(4,5)1(6)7/h2-8,11,15H,9-10,12-14,16H2,1H3;3*(H,6,7). The van der Waals surface area contributed by atoms with Gasteiger partial charge < -0.3 is 19.9 Å². The lowest BCUT2D eigenvalue weighted by Crippen LogP contribution is -2.33. The summed E-state index contributed by atoms with van der Waals surface area (Å²) in [6.07, 6.45) is -7.46. The Hall–Kier alpha value is -4.79. The Morgan fingerprint density at radius 1 is 0.787 bits per heavy atom. The zero-order valence-corrected chi connectivity index (χ0v) is 24.1. The van der Waals surface area contributed by atoms with Crippen LogP contribution in [-0.2, 0) is 47.1 Å².